The molecule has 5 rings (SSSR count). The summed E-state index contributed by atoms with van der Waals surface area (Å²) in [5, 5.41) is 7.18. The van der Waals surface area contributed by atoms with E-state index in [1.807, 2.05) is 29.8 Å². The van der Waals surface area contributed by atoms with E-state index in [1.54, 1.807) is 4.40 Å². The molecule has 4 aromatic rings. The summed E-state index contributed by atoms with van der Waals surface area (Å²) in [5.41, 5.74) is 4.48. The van der Waals surface area contributed by atoms with Crippen molar-refractivity contribution in [3.63, 3.8) is 0 Å². The number of aromatic nitrogens is 3. The van der Waals surface area contributed by atoms with Crippen LogP contribution >= 0.6 is 22.9 Å². The van der Waals surface area contributed by atoms with E-state index in [0.29, 0.717) is 5.03 Å². The van der Waals surface area contributed by atoms with Crippen LogP contribution in [0.4, 0.5) is 5.69 Å². The van der Waals surface area contributed by atoms with Crippen LogP contribution in [0.5, 0.6) is 0 Å². The normalized spacial score (nSPS) is 15.6. The molecule has 1 aromatic carbocycles. The number of fused-ring (bicyclic) bond motifs is 4. The third-order valence-electron chi connectivity index (χ3n) is 4.41. The molecule has 1 atom stereocenters. The van der Waals surface area contributed by atoms with Crippen molar-refractivity contribution in [2.75, 3.05) is 11.3 Å². The average Bonchev–Trinajstić information content (AvgIpc) is 3.26. The number of thiazole rings is 1. The maximum atomic E-state index is 12.8. The van der Waals surface area contributed by atoms with Gasteiger partial charge in [-0.3, -0.25) is 9.12 Å². The molecular weight excluding hydrogens is 378 g/mol. The van der Waals surface area contributed by atoms with Crippen molar-refractivity contribution in [3.8, 4) is 0 Å². The molecule has 0 saturated carbocycles. The predicted octanol–water partition coefficient (Wildman–Crippen LogP) is 3.31. The maximum absolute atomic E-state index is 12.8. The lowest BCUT2D eigenvalue weighted by molar-refractivity contribution is 0.637. The number of hydrogen-bond acceptors (Lipinski definition) is 4. The van der Waals surface area contributed by atoms with Crippen LogP contribution in [0.15, 0.2) is 34.8 Å². The van der Waals surface area contributed by atoms with Gasteiger partial charge in [-0.05, 0) is 36.7 Å². The topological polar surface area (TPSA) is 74.2 Å². The van der Waals surface area contributed by atoms with E-state index in [2.05, 4.69) is 20.0 Å². The van der Waals surface area contributed by atoms with Gasteiger partial charge in [-0.1, -0.05) is 11.6 Å². The number of nitrogens with zero attached hydrogens (tertiary/aromatic N) is 2. The lowest BCUT2D eigenvalue weighted by Crippen LogP contribution is -2.22. The summed E-state index contributed by atoms with van der Waals surface area (Å²) >= 11 is 7.63. The summed E-state index contributed by atoms with van der Waals surface area (Å²) < 4.78 is 17.6. The van der Waals surface area contributed by atoms with Crippen LogP contribution in [0.2, 0.25) is 5.15 Å². The van der Waals surface area contributed by atoms with Crippen LogP contribution < -0.4 is 10.0 Å². The molecule has 3 N–H and O–H groups in total. The molecule has 3 aromatic heterocycles. The van der Waals surface area contributed by atoms with E-state index in [4.69, 9.17) is 11.6 Å². The van der Waals surface area contributed by atoms with Crippen molar-refractivity contribution in [3.05, 3.63) is 46.2 Å². The van der Waals surface area contributed by atoms with Gasteiger partial charge in [0.25, 0.3) is 0 Å². The molecule has 0 saturated heterocycles. The Morgan fingerprint density at radius 1 is 1.40 bits per heavy atom. The second kappa shape index (κ2) is 5.84. The van der Waals surface area contributed by atoms with Crippen molar-refractivity contribution < 1.29 is 4.21 Å². The van der Waals surface area contributed by atoms with Crippen LogP contribution in [-0.2, 0) is 24.0 Å². The Labute approximate surface area is 154 Å². The van der Waals surface area contributed by atoms with E-state index >= 15 is 0 Å². The number of aromatic amines is 1. The molecule has 6 nitrogen and oxygen atoms in total. The van der Waals surface area contributed by atoms with E-state index < -0.39 is 11.0 Å². The molecule has 1 unspecified atom stereocenters. The number of halogens is 1. The largest absolute Gasteiger partial charge is 0.357 e. The molecule has 4 heterocycles. The Morgan fingerprint density at radius 3 is 3.24 bits per heavy atom. The predicted molar refractivity (Wildman–Crippen MR) is 102 cm³/mol. The highest BCUT2D eigenvalue weighted by molar-refractivity contribution is 7.86. The summed E-state index contributed by atoms with van der Waals surface area (Å²) in [7, 11) is -1.50. The first-order chi connectivity index (χ1) is 12.2. The highest BCUT2D eigenvalue weighted by Gasteiger charge is 2.19. The first kappa shape index (κ1) is 15.4. The molecule has 128 valence electrons. The molecule has 0 bridgehead atoms. The Bertz CT molecular complexity index is 1130. The maximum Gasteiger partial charge on any atom is 0.196 e. The molecule has 1 aliphatic rings. The lowest BCUT2D eigenvalue weighted by Gasteiger charge is -2.12. The third-order valence-corrected chi connectivity index (χ3v) is 6.71. The second-order valence-corrected chi connectivity index (χ2v) is 8.26. The minimum atomic E-state index is -1.50. The molecule has 0 amide bonds. The Kier molecular flexibility index (Phi) is 3.60. The third kappa shape index (κ3) is 2.48. The molecule has 0 spiro atoms. The first-order valence-electron chi connectivity index (χ1n) is 7.84. The number of imidazole rings is 1. The number of nitrogens with one attached hydrogen (secondary N) is 3. The number of anilines is 1. The van der Waals surface area contributed by atoms with Gasteiger partial charge in [0, 0.05) is 40.4 Å². The highest BCUT2D eigenvalue weighted by atomic mass is 35.5. The molecule has 9 heteroatoms. The van der Waals surface area contributed by atoms with Crippen LogP contribution in [0, 0.1) is 0 Å². The monoisotopic (exact) mass is 391 g/mol. The molecule has 0 aliphatic carbocycles. The zero-order chi connectivity index (χ0) is 17.0. The highest BCUT2D eigenvalue weighted by Crippen LogP contribution is 2.29. The fourth-order valence-electron chi connectivity index (χ4n) is 3.29. The quantitative estimate of drug-likeness (QED) is 0.501. The standard InChI is InChI=1S/C16H14ClN5OS2/c17-14-15(22-5-6-24-16(22)20-14)25(23)21-9-1-2-12-11(7-9)10-3-4-18-8-13(10)19-12/h1-2,5-7,18-19,21H,3-4,8H2. The van der Waals surface area contributed by atoms with E-state index in [0.717, 1.165) is 35.7 Å². The van der Waals surface area contributed by atoms with Crippen LogP contribution in [0.25, 0.3) is 15.9 Å². The van der Waals surface area contributed by atoms with Gasteiger partial charge in [0.15, 0.2) is 26.1 Å². The van der Waals surface area contributed by atoms with Crippen molar-refractivity contribution in [2.45, 2.75) is 18.0 Å². The summed E-state index contributed by atoms with van der Waals surface area (Å²) in [4.78, 5) is 8.43. The van der Waals surface area contributed by atoms with Gasteiger partial charge >= 0.3 is 0 Å². The minimum Gasteiger partial charge on any atom is -0.357 e. The van der Waals surface area contributed by atoms with E-state index in [9.17, 15) is 4.21 Å². The van der Waals surface area contributed by atoms with Gasteiger partial charge in [0.2, 0.25) is 0 Å². The SMILES string of the molecule is O=S(Nc1ccc2[nH]c3c(c2c1)CCNC3)c1c(Cl)nc2sccn12. The Balaban J connectivity index is 1.52. The Morgan fingerprint density at radius 2 is 2.32 bits per heavy atom. The summed E-state index contributed by atoms with van der Waals surface area (Å²) in [6, 6.07) is 5.99. The van der Waals surface area contributed by atoms with Gasteiger partial charge in [-0.15, -0.1) is 11.3 Å². The fraction of sp³-hybridized carbons (Fsp3) is 0.188. The number of rotatable bonds is 3. The number of H-pyrrole nitrogens is 1. The number of hydrogen-bond donors (Lipinski definition) is 3. The second-order valence-electron chi connectivity index (χ2n) is 5.90. The summed E-state index contributed by atoms with van der Waals surface area (Å²) in [5.74, 6) is 0. The molecular formula is C16H14ClN5OS2. The zero-order valence-corrected chi connectivity index (χ0v) is 15.4. The first-order valence-corrected chi connectivity index (χ1v) is 10.2. The van der Waals surface area contributed by atoms with Crippen molar-refractivity contribution in [1.82, 2.24) is 19.7 Å². The zero-order valence-electron chi connectivity index (χ0n) is 13.0. The molecule has 25 heavy (non-hydrogen) atoms. The summed E-state index contributed by atoms with van der Waals surface area (Å²) in [6.45, 7) is 1.84. The van der Waals surface area contributed by atoms with Crippen LogP contribution in [0.1, 0.15) is 11.3 Å². The molecule has 1 aliphatic heterocycles. The average molecular weight is 392 g/mol. The fourth-order valence-corrected chi connectivity index (χ4v) is 5.46. The lowest BCUT2D eigenvalue weighted by atomic mass is 10.0. The molecule has 0 radical (unpaired) electrons. The van der Waals surface area contributed by atoms with Gasteiger partial charge < -0.3 is 10.3 Å². The van der Waals surface area contributed by atoms with Crippen molar-refractivity contribution >= 4 is 55.5 Å². The van der Waals surface area contributed by atoms with E-state index in [-0.39, 0.29) is 5.15 Å². The van der Waals surface area contributed by atoms with Crippen molar-refractivity contribution in [2.24, 2.45) is 0 Å². The van der Waals surface area contributed by atoms with Crippen LogP contribution in [0.3, 0.4) is 0 Å². The van der Waals surface area contributed by atoms with E-state index in [1.165, 1.54) is 28.0 Å². The Hall–Kier alpha value is -1.87. The van der Waals surface area contributed by atoms with Gasteiger partial charge in [0.1, 0.15) is 0 Å². The minimum absolute atomic E-state index is 0.267. The van der Waals surface area contributed by atoms with Crippen molar-refractivity contribution in [1.29, 1.82) is 0 Å². The smallest absolute Gasteiger partial charge is 0.196 e. The number of benzene rings is 1. The molecule has 0 fully saturated rings. The van der Waals surface area contributed by atoms with Gasteiger partial charge in [-0.2, -0.15) is 0 Å². The van der Waals surface area contributed by atoms with Gasteiger partial charge in [-0.25, -0.2) is 9.19 Å². The summed E-state index contributed by atoms with van der Waals surface area (Å²) in [6.07, 6.45) is 2.82. The van der Waals surface area contributed by atoms with Crippen LogP contribution in [-0.4, -0.2) is 25.1 Å². The van der Waals surface area contributed by atoms with Gasteiger partial charge in [0.05, 0.1) is 0 Å².